The largest absolute Gasteiger partial charge is 0.393 e. The lowest BCUT2D eigenvalue weighted by atomic mass is 9.47. The van der Waals surface area contributed by atoms with E-state index >= 15 is 0 Å². The quantitative estimate of drug-likeness (QED) is 0.602. The molecule has 4 aliphatic rings. The van der Waals surface area contributed by atoms with Gasteiger partial charge in [0.1, 0.15) is 0 Å². The van der Waals surface area contributed by atoms with Crippen molar-refractivity contribution in [2.45, 2.75) is 77.6 Å². The van der Waals surface area contributed by atoms with Crippen molar-refractivity contribution >= 4 is 0 Å². The van der Waals surface area contributed by atoms with Crippen molar-refractivity contribution in [3.05, 3.63) is 11.6 Å². The summed E-state index contributed by atoms with van der Waals surface area (Å²) in [6.07, 6.45) is 7.07. The van der Waals surface area contributed by atoms with Crippen LogP contribution < -0.4 is 0 Å². The fraction of sp³-hybridized carbons (Fsp3) is 0.900. The van der Waals surface area contributed by atoms with Gasteiger partial charge in [-0.1, -0.05) is 32.4 Å². The smallest absolute Gasteiger partial charge is 0.0757 e. The van der Waals surface area contributed by atoms with Gasteiger partial charge in [-0.3, -0.25) is 0 Å². The van der Waals surface area contributed by atoms with E-state index in [1.165, 1.54) is 5.57 Å². The molecule has 0 spiro atoms. The maximum absolute atomic E-state index is 10.9. The molecule has 0 aromatic rings. The van der Waals surface area contributed by atoms with Gasteiger partial charge in [0.2, 0.25) is 0 Å². The Morgan fingerprint density at radius 2 is 1.78 bits per heavy atom. The van der Waals surface area contributed by atoms with Crippen LogP contribution in [0.15, 0.2) is 11.6 Å². The highest BCUT2D eigenvalue weighted by Crippen LogP contribution is 2.65. The summed E-state index contributed by atoms with van der Waals surface area (Å²) in [7, 11) is 0. The van der Waals surface area contributed by atoms with Crippen LogP contribution in [0.25, 0.3) is 0 Å². The molecular formula is C20H32O3. The Hall–Kier alpha value is -0.380. The molecule has 3 saturated carbocycles. The Morgan fingerprint density at radius 3 is 2.52 bits per heavy atom. The third-order valence-electron chi connectivity index (χ3n) is 8.38. The van der Waals surface area contributed by atoms with Gasteiger partial charge in [-0.15, -0.1) is 0 Å². The normalized spacial score (nSPS) is 58.9. The van der Waals surface area contributed by atoms with Crippen LogP contribution >= 0.6 is 0 Å². The Kier molecular flexibility index (Phi) is 3.54. The fourth-order valence-electron chi connectivity index (χ4n) is 6.97. The molecule has 0 aromatic carbocycles. The van der Waals surface area contributed by atoms with Crippen molar-refractivity contribution in [3.63, 3.8) is 0 Å². The minimum absolute atomic E-state index is 0.0303. The van der Waals surface area contributed by atoms with Gasteiger partial charge >= 0.3 is 0 Å². The summed E-state index contributed by atoms with van der Waals surface area (Å²) in [5.41, 5.74) is 1.40. The molecule has 3 heteroatoms. The molecule has 0 amide bonds. The fourth-order valence-corrected chi connectivity index (χ4v) is 6.97. The number of rotatable bonds is 0. The molecule has 0 unspecified atom stereocenters. The van der Waals surface area contributed by atoms with E-state index in [1.807, 2.05) is 0 Å². The van der Waals surface area contributed by atoms with E-state index in [0.717, 1.165) is 38.5 Å². The second kappa shape index (κ2) is 5.06. The van der Waals surface area contributed by atoms with Crippen LogP contribution in [0.4, 0.5) is 0 Å². The summed E-state index contributed by atoms with van der Waals surface area (Å²) in [5.74, 6) is 1.53. The van der Waals surface area contributed by atoms with E-state index < -0.39 is 6.10 Å². The molecule has 130 valence electrons. The Balaban J connectivity index is 1.73. The van der Waals surface area contributed by atoms with E-state index in [0.29, 0.717) is 17.8 Å². The first-order valence-electron chi connectivity index (χ1n) is 9.53. The van der Waals surface area contributed by atoms with E-state index in [4.69, 9.17) is 0 Å². The summed E-state index contributed by atoms with van der Waals surface area (Å²) in [5, 5.41) is 31.7. The molecule has 4 aliphatic carbocycles. The Labute approximate surface area is 139 Å². The van der Waals surface area contributed by atoms with Gasteiger partial charge < -0.3 is 15.3 Å². The molecule has 9 atom stereocenters. The summed E-state index contributed by atoms with van der Waals surface area (Å²) in [6, 6.07) is 0. The maximum Gasteiger partial charge on any atom is 0.0757 e. The van der Waals surface area contributed by atoms with Gasteiger partial charge in [-0.25, -0.2) is 0 Å². The molecule has 4 rings (SSSR count). The van der Waals surface area contributed by atoms with E-state index in [-0.39, 0.29) is 29.0 Å². The second-order valence-corrected chi connectivity index (χ2v) is 9.49. The summed E-state index contributed by atoms with van der Waals surface area (Å²) < 4.78 is 0. The van der Waals surface area contributed by atoms with Gasteiger partial charge in [-0.2, -0.15) is 0 Å². The summed E-state index contributed by atoms with van der Waals surface area (Å²) in [6.45, 7) is 6.78. The van der Waals surface area contributed by atoms with Crippen LogP contribution in [0.2, 0.25) is 0 Å². The van der Waals surface area contributed by atoms with E-state index in [2.05, 4.69) is 26.8 Å². The van der Waals surface area contributed by atoms with Gasteiger partial charge in [-0.05, 0) is 73.0 Å². The lowest BCUT2D eigenvalue weighted by molar-refractivity contribution is -0.107. The summed E-state index contributed by atoms with van der Waals surface area (Å²) in [4.78, 5) is 0. The first kappa shape index (κ1) is 16.1. The van der Waals surface area contributed by atoms with Crippen LogP contribution in [-0.4, -0.2) is 33.6 Å². The number of hydrogen-bond donors (Lipinski definition) is 3. The third kappa shape index (κ3) is 2.06. The molecule has 0 saturated heterocycles. The lowest BCUT2D eigenvalue weighted by Gasteiger charge is -2.58. The number of hydrogen-bond acceptors (Lipinski definition) is 3. The second-order valence-electron chi connectivity index (χ2n) is 9.49. The van der Waals surface area contributed by atoms with E-state index in [1.54, 1.807) is 0 Å². The number of fused-ring (bicyclic) bond motifs is 5. The van der Waals surface area contributed by atoms with Crippen molar-refractivity contribution in [1.82, 2.24) is 0 Å². The average molecular weight is 320 g/mol. The minimum Gasteiger partial charge on any atom is -0.393 e. The minimum atomic E-state index is -0.407. The SMILES string of the molecule is C[C@@H]1C[C@H]2[C@@H]3[C@@H](O)C=C4C[C@H](O)CC[C@]4(C)[C@H]3CC[C@]2(C)[C@H]1O. The maximum atomic E-state index is 10.9. The van der Waals surface area contributed by atoms with E-state index in [9.17, 15) is 15.3 Å². The number of aliphatic hydroxyl groups is 3. The van der Waals surface area contributed by atoms with Crippen molar-refractivity contribution in [1.29, 1.82) is 0 Å². The van der Waals surface area contributed by atoms with Gasteiger partial charge in [0.15, 0.2) is 0 Å². The molecule has 0 bridgehead atoms. The van der Waals surface area contributed by atoms with Gasteiger partial charge in [0, 0.05) is 0 Å². The standard InChI is InChI=1S/C20H32O3/c1-11-8-15-17-14(5-7-20(15,3)18(11)23)19(2)6-4-13(21)9-12(19)10-16(17)22/h10-11,13-18,21-23H,4-9H2,1-3H3/t11-,13-,14+,15+,16+,17-,18+,19+,20+/m1/s1. The molecule has 0 heterocycles. The monoisotopic (exact) mass is 320 g/mol. The molecular weight excluding hydrogens is 288 g/mol. The molecule has 3 fully saturated rings. The van der Waals surface area contributed by atoms with Crippen LogP contribution in [0.1, 0.15) is 59.3 Å². The molecule has 3 nitrogen and oxygen atoms in total. The zero-order valence-electron chi connectivity index (χ0n) is 14.7. The van der Waals surface area contributed by atoms with Crippen molar-refractivity contribution in [3.8, 4) is 0 Å². The van der Waals surface area contributed by atoms with Crippen LogP contribution in [-0.2, 0) is 0 Å². The first-order chi connectivity index (χ1) is 10.8. The topological polar surface area (TPSA) is 60.7 Å². The van der Waals surface area contributed by atoms with Crippen molar-refractivity contribution in [2.75, 3.05) is 0 Å². The van der Waals surface area contributed by atoms with Crippen LogP contribution in [0.5, 0.6) is 0 Å². The number of aliphatic hydroxyl groups excluding tert-OH is 3. The lowest BCUT2D eigenvalue weighted by Crippen LogP contribution is -2.55. The average Bonchev–Trinajstić information content (AvgIpc) is 2.73. The summed E-state index contributed by atoms with van der Waals surface area (Å²) >= 11 is 0. The predicted octanol–water partition coefficient (Wildman–Crippen LogP) is 2.89. The molecule has 3 N–H and O–H groups in total. The third-order valence-corrected chi connectivity index (χ3v) is 8.38. The molecule has 0 aromatic heterocycles. The predicted molar refractivity (Wildman–Crippen MR) is 89.7 cm³/mol. The Morgan fingerprint density at radius 1 is 1.04 bits per heavy atom. The molecule has 23 heavy (non-hydrogen) atoms. The highest BCUT2D eigenvalue weighted by atomic mass is 16.3. The molecule has 0 radical (unpaired) electrons. The van der Waals surface area contributed by atoms with Crippen LogP contribution in [0.3, 0.4) is 0 Å². The highest BCUT2D eigenvalue weighted by molar-refractivity contribution is 5.28. The van der Waals surface area contributed by atoms with Gasteiger partial charge in [0.25, 0.3) is 0 Å². The Bertz CT molecular complexity index is 529. The zero-order chi connectivity index (χ0) is 16.6. The molecule has 0 aliphatic heterocycles. The van der Waals surface area contributed by atoms with Crippen LogP contribution in [0, 0.1) is 34.5 Å². The first-order valence-corrected chi connectivity index (χ1v) is 9.53. The van der Waals surface area contributed by atoms with Crippen molar-refractivity contribution < 1.29 is 15.3 Å². The van der Waals surface area contributed by atoms with Gasteiger partial charge in [0.05, 0.1) is 18.3 Å². The van der Waals surface area contributed by atoms with Crippen molar-refractivity contribution in [2.24, 2.45) is 34.5 Å². The highest BCUT2D eigenvalue weighted by Gasteiger charge is 2.61. The zero-order valence-corrected chi connectivity index (χ0v) is 14.7.